The number of carbonyl (C=O) groups is 1. The Kier molecular flexibility index (Phi) is 8.84. The molecular formula is C22H32O15. The normalized spacial score (nSPS) is 44.2. The molecule has 4 rings (SSSR count). The summed E-state index contributed by atoms with van der Waals surface area (Å²) in [5.74, 6) is -1.69. The van der Waals surface area contributed by atoms with Crippen LogP contribution in [-0.2, 0) is 28.5 Å². The molecule has 0 aromatic heterocycles. The van der Waals surface area contributed by atoms with Gasteiger partial charge in [-0.25, -0.2) is 4.79 Å². The first-order valence-electron chi connectivity index (χ1n) is 11.8. The van der Waals surface area contributed by atoms with Crippen LogP contribution in [0.15, 0.2) is 23.0 Å². The molecule has 3 heterocycles. The van der Waals surface area contributed by atoms with Gasteiger partial charge in [0.25, 0.3) is 0 Å². The largest absolute Gasteiger partial charge is 0.468 e. The van der Waals surface area contributed by atoms with E-state index in [-0.39, 0.29) is 5.57 Å². The fourth-order valence-electron chi connectivity index (χ4n) is 4.92. The predicted molar refractivity (Wildman–Crippen MR) is 115 cm³/mol. The van der Waals surface area contributed by atoms with Crippen LogP contribution in [0.1, 0.15) is 12.8 Å². The maximum atomic E-state index is 13.0. The topological polar surface area (TPSA) is 245 Å². The molecule has 210 valence electrons. The van der Waals surface area contributed by atoms with Crippen molar-refractivity contribution in [1.82, 2.24) is 0 Å². The molecule has 0 aromatic rings. The summed E-state index contributed by atoms with van der Waals surface area (Å²) in [7, 11) is 0. The second kappa shape index (κ2) is 11.6. The highest BCUT2D eigenvalue weighted by atomic mass is 16.8. The van der Waals surface area contributed by atoms with Crippen molar-refractivity contribution >= 4 is 5.97 Å². The lowest BCUT2D eigenvalue weighted by molar-refractivity contribution is -0.327. The molecule has 9 N–H and O–H groups in total. The molecule has 12 atom stereocenters. The standard InChI is InChI=1S/C22H32O15/c23-3-7-1-2-8-9(19(32)36-21-17(30)15(28)13(26)10(4-24)34-21)6-33-20(12(7)8)37-22-18(31)16(29)14(27)11(5-25)35-22/h6,8,10-11,13-18,20-31H,1-5H2/t8-,10-,11-,13+,14+,15+,16+,17-,18-,20+,21+,22+/m1/s1. The molecule has 0 unspecified atom stereocenters. The van der Waals surface area contributed by atoms with Crippen molar-refractivity contribution in [3.05, 3.63) is 23.0 Å². The highest BCUT2D eigenvalue weighted by Gasteiger charge is 2.49. The lowest BCUT2D eigenvalue weighted by Crippen LogP contribution is -2.60. The van der Waals surface area contributed by atoms with Crippen molar-refractivity contribution in [2.75, 3.05) is 19.8 Å². The van der Waals surface area contributed by atoms with E-state index in [1.54, 1.807) is 0 Å². The van der Waals surface area contributed by atoms with Gasteiger partial charge in [-0.2, -0.15) is 0 Å². The molecule has 0 bridgehead atoms. The Bertz CT molecular complexity index is 887. The van der Waals surface area contributed by atoms with Crippen molar-refractivity contribution in [3.63, 3.8) is 0 Å². The van der Waals surface area contributed by atoms with Crippen molar-refractivity contribution in [2.45, 2.75) is 80.5 Å². The molecular weight excluding hydrogens is 504 g/mol. The summed E-state index contributed by atoms with van der Waals surface area (Å²) in [5, 5.41) is 88.9. The van der Waals surface area contributed by atoms with E-state index in [9.17, 15) is 50.8 Å². The van der Waals surface area contributed by atoms with Gasteiger partial charge in [-0.05, 0) is 18.4 Å². The minimum atomic E-state index is -1.80. The van der Waals surface area contributed by atoms with Crippen LogP contribution in [0.25, 0.3) is 0 Å². The van der Waals surface area contributed by atoms with Crippen LogP contribution in [-0.4, -0.2) is 139 Å². The summed E-state index contributed by atoms with van der Waals surface area (Å²) in [6.07, 6.45) is -15.5. The molecule has 2 fully saturated rings. The molecule has 0 radical (unpaired) electrons. The number of rotatable bonds is 7. The maximum absolute atomic E-state index is 13.0. The molecule has 2 saturated heterocycles. The Balaban J connectivity index is 1.51. The van der Waals surface area contributed by atoms with Gasteiger partial charge >= 0.3 is 5.97 Å². The van der Waals surface area contributed by atoms with Crippen molar-refractivity contribution < 1.29 is 74.4 Å². The number of fused-ring (bicyclic) bond motifs is 1. The molecule has 37 heavy (non-hydrogen) atoms. The van der Waals surface area contributed by atoms with Crippen LogP contribution in [0, 0.1) is 5.92 Å². The van der Waals surface area contributed by atoms with Gasteiger partial charge in [-0.3, -0.25) is 0 Å². The highest BCUT2D eigenvalue weighted by Crippen LogP contribution is 2.44. The van der Waals surface area contributed by atoms with Crippen LogP contribution in [0.2, 0.25) is 0 Å². The van der Waals surface area contributed by atoms with E-state index in [0.717, 1.165) is 6.26 Å². The first kappa shape index (κ1) is 28.3. The Morgan fingerprint density at radius 2 is 1.41 bits per heavy atom. The average Bonchev–Trinajstić information content (AvgIpc) is 3.34. The van der Waals surface area contributed by atoms with Crippen molar-refractivity contribution in [3.8, 4) is 0 Å². The van der Waals surface area contributed by atoms with E-state index < -0.39 is 99.4 Å². The maximum Gasteiger partial charge on any atom is 0.340 e. The lowest BCUT2D eigenvalue weighted by atomic mass is 9.90. The van der Waals surface area contributed by atoms with E-state index >= 15 is 0 Å². The molecule has 15 nitrogen and oxygen atoms in total. The van der Waals surface area contributed by atoms with Gasteiger partial charge in [0.1, 0.15) is 48.8 Å². The molecule has 0 amide bonds. The SMILES string of the molecule is O=C(O[C@@H]1O[C@H](CO)[C@H](O)[C@H](O)[C@H]1O)C1=CO[C@@H](O[C@@H]2O[C@H](CO)[C@H](O)[C@H](O)[C@H]2O)C2=C(CO)CC[C@H]12. The third kappa shape index (κ3) is 5.27. The van der Waals surface area contributed by atoms with Crippen molar-refractivity contribution in [2.24, 2.45) is 5.92 Å². The first-order valence-corrected chi connectivity index (χ1v) is 11.8. The van der Waals surface area contributed by atoms with Gasteiger partial charge < -0.3 is 69.6 Å². The molecule has 15 heteroatoms. The number of hydrogen-bond donors (Lipinski definition) is 9. The van der Waals surface area contributed by atoms with Crippen LogP contribution in [0.3, 0.4) is 0 Å². The van der Waals surface area contributed by atoms with E-state index in [0.29, 0.717) is 24.0 Å². The van der Waals surface area contributed by atoms with Gasteiger partial charge in [0.15, 0.2) is 6.29 Å². The van der Waals surface area contributed by atoms with E-state index in [4.69, 9.17) is 23.7 Å². The Morgan fingerprint density at radius 3 is 1.97 bits per heavy atom. The Labute approximate surface area is 210 Å². The van der Waals surface area contributed by atoms with Crippen LogP contribution < -0.4 is 0 Å². The quantitative estimate of drug-likeness (QED) is 0.109. The van der Waals surface area contributed by atoms with Crippen LogP contribution >= 0.6 is 0 Å². The molecule has 0 saturated carbocycles. The predicted octanol–water partition coefficient (Wildman–Crippen LogP) is -4.91. The van der Waals surface area contributed by atoms with Crippen LogP contribution in [0.4, 0.5) is 0 Å². The zero-order chi connectivity index (χ0) is 27.0. The fraction of sp³-hybridized carbons (Fsp3) is 0.773. The third-order valence-electron chi connectivity index (χ3n) is 7.07. The number of carbonyl (C=O) groups excluding carboxylic acids is 1. The minimum Gasteiger partial charge on any atom is -0.468 e. The van der Waals surface area contributed by atoms with Gasteiger partial charge in [0.2, 0.25) is 12.6 Å². The van der Waals surface area contributed by atoms with Crippen LogP contribution in [0.5, 0.6) is 0 Å². The van der Waals surface area contributed by atoms with Gasteiger partial charge in [-0.1, -0.05) is 0 Å². The Morgan fingerprint density at radius 1 is 0.838 bits per heavy atom. The lowest BCUT2D eigenvalue weighted by Gasteiger charge is -2.42. The van der Waals surface area contributed by atoms with E-state index in [1.807, 2.05) is 0 Å². The zero-order valence-corrected chi connectivity index (χ0v) is 19.5. The first-order chi connectivity index (χ1) is 17.6. The summed E-state index contributed by atoms with van der Waals surface area (Å²) < 4.78 is 27.0. The van der Waals surface area contributed by atoms with Crippen molar-refractivity contribution in [1.29, 1.82) is 0 Å². The molecule has 3 aliphatic heterocycles. The van der Waals surface area contributed by atoms with Gasteiger partial charge in [0, 0.05) is 11.5 Å². The van der Waals surface area contributed by atoms with E-state index in [1.165, 1.54) is 0 Å². The minimum absolute atomic E-state index is 0.0379. The summed E-state index contributed by atoms with van der Waals surface area (Å²) in [6.45, 7) is -1.78. The number of hydrogen-bond acceptors (Lipinski definition) is 15. The molecule has 1 aliphatic carbocycles. The fourth-order valence-corrected chi connectivity index (χ4v) is 4.92. The summed E-state index contributed by atoms with van der Waals surface area (Å²) in [5.41, 5.74) is 0.776. The summed E-state index contributed by atoms with van der Waals surface area (Å²) in [4.78, 5) is 13.0. The number of aliphatic hydroxyl groups is 9. The van der Waals surface area contributed by atoms with E-state index in [2.05, 4.69) is 0 Å². The molecule has 0 aromatic carbocycles. The second-order valence-electron chi connectivity index (χ2n) is 9.29. The molecule has 4 aliphatic rings. The smallest absolute Gasteiger partial charge is 0.340 e. The summed E-state index contributed by atoms with van der Waals surface area (Å²) >= 11 is 0. The number of ether oxygens (including phenoxy) is 5. The zero-order valence-electron chi connectivity index (χ0n) is 19.5. The second-order valence-corrected chi connectivity index (χ2v) is 9.29. The van der Waals surface area contributed by atoms with Gasteiger partial charge in [-0.15, -0.1) is 0 Å². The monoisotopic (exact) mass is 536 g/mol. The number of aliphatic hydroxyl groups excluding tert-OH is 9. The molecule has 0 spiro atoms. The Hall–Kier alpha value is -1.73. The third-order valence-corrected chi connectivity index (χ3v) is 7.07. The average molecular weight is 536 g/mol. The van der Waals surface area contributed by atoms with Gasteiger partial charge in [0.05, 0.1) is 31.7 Å². The number of esters is 1. The highest BCUT2D eigenvalue weighted by molar-refractivity contribution is 5.90. The summed E-state index contributed by atoms with van der Waals surface area (Å²) in [6, 6.07) is 0.